The normalized spacial score (nSPS) is 18.6. The molecule has 0 radical (unpaired) electrons. The third kappa shape index (κ3) is 1.94. The Morgan fingerprint density at radius 2 is 2.28 bits per heavy atom. The lowest BCUT2D eigenvalue weighted by Gasteiger charge is -2.41. The molecule has 0 spiro atoms. The van der Waals surface area contributed by atoms with E-state index in [2.05, 4.69) is 11.4 Å². The van der Waals surface area contributed by atoms with Crippen molar-refractivity contribution < 1.29 is 13.9 Å². The van der Waals surface area contributed by atoms with Gasteiger partial charge < -0.3 is 14.8 Å². The molecule has 1 aromatic carbocycles. The molecule has 0 bridgehead atoms. The molecule has 2 rings (SSSR count). The van der Waals surface area contributed by atoms with E-state index < -0.39 is 11.2 Å². The topological polar surface area (TPSA) is 54.3 Å². The highest BCUT2D eigenvalue weighted by atomic mass is 19.1. The van der Waals surface area contributed by atoms with Gasteiger partial charge in [0.1, 0.15) is 5.41 Å². The lowest BCUT2D eigenvalue weighted by atomic mass is 9.76. The second-order valence-corrected chi connectivity index (χ2v) is 4.38. The summed E-state index contributed by atoms with van der Waals surface area (Å²) in [6.45, 7) is 0.727. The third-order valence-corrected chi connectivity index (χ3v) is 3.29. The van der Waals surface area contributed by atoms with Crippen molar-refractivity contribution in [3.63, 3.8) is 0 Å². The van der Waals surface area contributed by atoms with Gasteiger partial charge in [0, 0.05) is 0 Å². The highest BCUT2D eigenvalue weighted by Crippen LogP contribution is 2.40. The summed E-state index contributed by atoms with van der Waals surface area (Å²) < 4.78 is 23.7. The van der Waals surface area contributed by atoms with E-state index in [1.165, 1.54) is 13.2 Å². The van der Waals surface area contributed by atoms with Crippen molar-refractivity contribution in [1.82, 2.24) is 5.32 Å². The minimum atomic E-state index is -0.615. The largest absolute Gasteiger partial charge is 0.494 e. The first kappa shape index (κ1) is 12.8. The van der Waals surface area contributed by atoms with Crippen molar-refractivity contribution in [2.75, 3.05) is 27.4 Å². The molecule has 96 valence electrons. The van der Waals surface area contributed by atoms with Crippen LogP contribution in [-0.4, -0.2) is 27.4 Å². The Morgan fingerprint density at radius 1 is 1.56 bits per heavy atom. The Labute approximate surface area is 105 Å². The molecular weight excluding hydrogens is 235 g/mol. The van der Waals surface area contributed by atoms with Crippen LogP contribution in [0.3, 0.4) is 0 Å². The number of ether oxygens (including phenoxy) is 2. The second-order valence-electron chi connectivity index (χ2n) is 4.38. The van der Waals surface area contributed by atoms with E-state index in [0.29, 0.717) is 13.2 Å². The molecule has 0 amide bonds. The fourth-order valence-electron chi connectivity index (χ4n) is 2.24. The number of nitrogens with one attached hydrogen (secondary N) is 1. The highest BCUT2D eigenvalue weighted by molar-refractivity contribution is 5.34. The number of hydrogen-bond acceptors (Lipinski definition) is 4. The molecular formula is C13H15FN2O2. The lowest BCUT2D eigenvalue weighted by molar-refractivity contribution is -0.0964. The van der Waals surface area contributed by atoms with E-state index in [-0.39, 0.29) is 11.8 Å². The number of nitriles is 1. The molecule has 0 aromatic heterocycles. The molecule has 1 aliphatic rings. The first-order chi connectivity index (χ1) is 8.66. The molecule has 18 heavy (non-hydrogen) atoms. The summed E-state index contributed by atoms with van der Waals surface area (Å²) >= 11 is 0. The van der Waals surface area contributed by atoms with Crippen LogP contribution in [0.5, 0.6) is 5.75 Å². The van der Waals surface area contributed by atoms with Gasteiger partial charge in [0.05, 0.1) is 32.4 Å². The van der Waals surface area contributed by atoms with Gasteiger partial charge in [-0.25, -0.2) is 4.39 Å². The second kappa shape index (κ2) is 4.92. The molecule has 0 aliphatic carbocycles. The molecule has 4 nitrogen and oxygen atoms in total. The smallest absolute Gasteiger partial charge is 0.165 e. The van der Waals surface area contributed by atoms with Crippen LogP contribution in [0.2, 0.25) is 0 Å². The minimum absolute atomic E-state index is 0.199. The summed E-state index contributed by atoms with van der Waals surface area (Å²) in [5.41, 5.74) is 0.108. The maximum atomic E-state index is 13.7. The molecule has 1 unspecified atom stereocenters. The van der Waals surface area contributed by atoms with E-state index in [9.17, 15) is 9.65 Å². The summed E-state index contributed by atoms with van der Waals surface area (Å²) in [7, 11) is 3.17. The number of nitrogens with zero attached hydrogens (tertiary/aromatic N) is 1. The predicted octanol–water partition coefficient (Wildman–Crippen LogP) is 1.63. The van der Waals surface area contributed by atoms with Crippen LogP contribution < -0.4 is 10.1 Å². The Bertz CT molecular complexity index is 480. The molecule has 1 N–H and O–H groups in total. The van der Waals surface area contributed by atoms with Crippen molar-refractivity contribution in [2.24, 2.45) is 5.41 Å². The quantitative estimate of drug-likeness (QED) is 0.882. The molecule has 5 heteroatoms. The highest BCUT2D eigenvalue weighted by Gasteiger charge is 2.46. The van der Waals surface area contributed by atoms with Crippen LogP contribution in [0.1, 0.15) is 11.6 Å². The van der Waals surface area contributed by atoms with E-state index in [4.69, 9.17) is 9.47 Å². The van der Waals surface area contributed by atoms with Crippen molar-refractivity contribution in [2.45, 2.75) is 6.04 Å². The lowest BCUT2D eigenvalue weighted by Crippen LogP contribution is -2.50. The monoisotopic (exact) mass is 250 g/mol. The van der Waals surface area contributed by atoms with Gasteiger partial charge in [0.25, 0.3) is 0 Å². The van der Waals surface area contributed by atoms with Crippen molar-refractivity contribution in [1.29, 1.82) is 5.26 Å². The third-order valence-electron chi connectivity index (χ3n) is 3.29. The zero-order chi connectivity index (χ0) is 13.2. The van der Waals surface area contributed by atoms with Gasteiger partial charge in [0.15, 0.2) is 11.6 Å². The first-order valence-electron chi connectivity index (χ1n) is 5.66. The summed E-state index contributed by atoms with van der Waals surface area (Å²) in [5.74, 6) is -0.229. The van der Waals surface area contributed by atoms with Gasteiger partial charge in [-0.3, -0.25) is 0 Å². The Kier molecular flexibility index (Phi) is 3.50. The minimum Gasteiger partial charge on any atom is -0.494 e. The van der Waals surface area contributed by atoms with Gasteiger partial charge in [-0.2, -0.15) is 5.26 Å². The summed E-state index contributed by atoms with van der Waals surface area (Å²) in [6.07, 6.45) is 0. The zero-order valence-corrected chi connectivity index (χ0v) is 10.4. The van der Waals surface area contributed by atoms with Crippen LogP contribution >= 0.6 is 0 Å². The molecule has 1 fully saturated rings. The van der Waals surface area contributed by atoms with Crippen LogP contribution in [0.4, 0.5) is 4.39 Å². The summed E-state index contributed by atoms with van der Waals surface area (Å²) in [6, 6.07) is 6.75. The zero-order valence-electron chi connectivity index (χ0n) is 10.4. The van der Waals surface area contributed by atoms with Gasteiger partial charge in [0.2, 0.25) is 0 Å². The van der Waals surface area contributed by atoms with E-state index in [0.717, 1.165) is 5.56 Å². The number of rotatable bonds is 4. The first-order valence-corrected chi connectivity index (χ1v) is 5.66. The molecule has 0 saturated carbocycles. The van der Waals surface area contributed by atoms with E-state index >= 15 is 0 Å². The van der Waals surface area contributed by atoms with Crippen molar-refractivity contribution in [3.05, 3.63) is 29.6 Å². The molecule has 1 saturated heterocycles. The van der Waals surface area contributed by atoms with Gasteiger partial charge in [-0.1, -0.05) is 6.07 Å². The van der Waals surface area contributed by atoms with Crippen molar-refractivity contribution >= 4 is 0 Å². The van der Waals surface area contributed by atoms with E-state index in [1.807, 2.05) is 0 Å². The Hall–Kier alpha value is -1.64. The van der Waals surface area contributed by atoms with Gasteiger partial charge in [-0.05, 0) is 24.7 Å². The molecule has 1 atom stereocenters. The van der Waals surface area contributed by atoms with Gasteiger partial charge in [-0.15, -0.1) is 0 Å². The average molecular weight is 250 g/mol. The molecule has 1 aromatic rings. The van der Waals surface area contributed by atoms with Crippen LogP contribution in [0, 0.1) is 22.6 Å². The fraction of sp³-hybridized carbons (Fsp3) is 0.462. The number of hydrogen-bond donors (Lipinski definition) is 1. The summed E-state index contributed by atoms with van der Waals surface area (Å²) in [4.78, 5) is 0. The number of benzene rings is 1. The average Bonchev–Trinajstić information content (AvgIpc) is 2.33. The van der Waals surface area contributed by atoms with E-state index in [1.54, 1.807) is 19.2 Å². The summed E-state index contributed by atoms with van der Waals surface area (Å²) in [5, 5.41) is 12.3. The molecule has 1 heterocycles. The molecule has 1 aliphatic heterocycles. The van der Waals surface area contributed by atoms with Crippen LogP contribution in [0.25, 0.3) is 0 Å². The number of methoxy groups -OCH3 is 1. The predicted molar refractivity (Wildman–Crippen MR) is 63.6 cm³/mol. The Morgan fingerprint density at radius 3 is 2.67 bits per heavy atom. The maximum absolute atomic E-state index is 13.7. The number of halogens is 1. The standard InChI is InChI=1S/C13H15FN2O2/c1-16-12(13(6-15)7-18-8-13)9-3-4-11(17-2)10(14)5-9/h3-5,12,16H,7-8H2,1-2H3. The fourth-order valence-corrected chi connectivity index (χ4v) is 2.24. The van der Waals surface area contributed by atoms with Gasteiger partial charge >= 0.3 is 0 Å². The van der Waals surface area contributed by atoms with Crippen LogP contribution in [-0.2, 0) is 4.74 Å². The van der Waals surface area contributed by atoms with Crippen molar-refractivity contribution in [3.8, 4) is 11.8 Å². The van der Waals surface area contributed by atoms with Crippen LogP contribution in [0.15, 0.2) is 18.2 Å². The SMILES string of the molecule is CNC(c1ccc(OC)c(F)c1)C1(C#N)COC1. The Balaban J connectivity index is 2.34. The maximum Gasteiger partial charge on any atom is 0.165 e.